The number of hydrogen-bond acceptors (Lipinski definition) is 4. The van der Waals surface area contributed by atoms with Crippen LogP contribution in [0.25, 0.3) is 0 Å². The van der Waals surface area contributed by atoms with E-state index in [-0.39, 0.29) is 39.3 Å². The SMILES string of the molecule is COC(=O)[C@@H]1C[C@@]23C=CC[N+]4([O-])CC[C@@]5(c6ccccc6N[C@@]15C2C)[C@H]34. The summed E-state index contributed by atoms with van der Waals surface area (Å²) in [7, 11) is 1.48. The van der Waals surface area contributed by atoms with Crippen LogP contribution < -0.4 is 5.32 Å². The van der Waals surface area contributed by atoms with E-state index in [1.54, 1.807) is 0 Å². The van der Waals surface area contributed by atoms with Crippen LogP contribution in [0.3, 0.4) is 0 Å². The number of nitrogens with one attached hydrogen (secondary N) is 1. The number of fused-ring (bicyclic) bond motifs is 1. The van der Waals surface area contributed by atoms with Crippen LogP contribution in [0.5, 0.6) is 0 Å². The number of esters is 1. The fourth-order valence-corrected chi connectivity index (χ4v) is 8.20. The van der Waals surface area contributed by atoms with E-state index < -0.39 is 5.54 Å². The van der Waals surface area contributed by atoms with Gasteiger partial charge < -0.3 is 19.9 Å². The molecule has 0 radical (unpaired) electrons. The Morgan fingerprint density at radius 1 is 1.38 bits per heavy atom. The second kappa shape index (κ2) is 4.18. The molecule has 5 aliphatic rings. The van der Waals surface area contributed by atoms with Gasteiger partial charge >= 0.3 is 5.97 Å². The summed E-state index contributed by atoms with van der Waals surface area (Å²) < 4.78 is 5.12. The van der Waals surface area contributed by atoms with Crippen molar-refractivity contribution in [2.24, 2.45) is 17.3 Å². The van der Waals surface area contributed by atoms with Gasteiger partial charge in [-0.15, -0.1) is 0 Å². The van der Waals surface area contributed by atoms with Crippen molar-refractivity contribution < 1.29 is 14.2 Å². The summed E-state index contributed by atoms with van der Waals surface area (Å²) in [5, 5.41) is 17.7. The van der Waals surface area contributed by atoms with Crippen molar-refractivity contribution in [3.8, 4) is 0 Å². The average Bonchev–Trinajstić information content (AvgIpc) is 3.27. The predicted octanol–water partition coefficient (Wildman–Crippen LogP) is 2.57. The number of benzene rings is 1. The Morgan fingerprint density at radius 3 is 3.00 bits per heavy atom. The van der Waals surface area contributed by atoms with Gasteiger partial charge in [0.1, 0.15) is 6.04 Å². The van der Waals surface area contributed by atoms with Crippen LogP contribution in [0.2, 0.25) is 0 Å². The lowest BCUT2D eigenvalue weighted by Crippen LogP contribution is -2.66. The smallest absolute Gasteiger partial charge is 0.311 e. The molecule has 5 nitrogen and oxygen atoms in total. The standard InChI is InChI=1S/C21H24N2O3/c1-13-19-8-5-10-23(25)11-9-20(18(19)23)14-6-3-4-7-16(14)22-21(13,20)15(12-19)17(24)26-2/h3-8,13,15,18,22H,9-12H2,1-2H3/t13?,15-,18-,19-,20+,21-,23?/m0/s1. The maximum absolute atomic E-state index is 13.9. The van der Waals surface area contributed by atoms with E-state index in [1.807, 2.05) is 6.07 Å². The van der Waals surface area contributed by atoms with E-state index in [0.717, 1.165) is 12.1 Å². The lowest BCUT2D eigenvalue weighted by atomic mass is 9.57. The normalized spacial score (nSPS) is 51.6. The fraction of sp³-hybridized carbons (Fsp3) is 0.571. The van der Waals surface area contributed by atoms with Crippen molar-refractivity contribution in [1.29, 1.82) is 0 Å². The van der Waals surface area contributed by atoms with Crippen LogP contribution >= 0.6 is 0 Å². The highest BCUT2D eigenvalue weighted by Crippen LogP contribution is 2.80. The number of anilines is 1. The maximum Gasteiger partial charge on any atom is 0.311 e. The number of hydrogen-bond donors (Lipinski definition) is 1. The highest BCUT2D eigenvalue weighted by atomic mass is 16.6. The third kappa shape index (κ3) is 1.19. The van der Waals surface area contributed by atoms with Crippen molar-refractivity contribution in [3.63, 3.8) is 0 Å². The molecule has 2 bridgehead atoms. The second-order valence-electron chi connectivity index (χ2n) is 9.04. The largest absolute Gasteiger partial charge is 0.632 e. The molecule has 7 atom stereocenters. The molecule has 136 valence electrons. The third-order valence-corrected chi connectivity index (χ3v) is 8.74. The lowest BCUT2D eigenvalue weighted by molar-refractivity contribution is -0.897. The highest BCUT2D eigenvalue weighted by Gasteiger charge is 2.89. The zero-order valence-electron chi connectivity index (χ0n) is 15.2. The Labute approximate surface area is 153 Å². The molecule has 1 aromatic rings. The van der Waals surface area contributed by atoms with E-state index in [9.17, 15) is 10.0 Å². The molecular weight excluding hydrogens is 328 g/mol. The number of carbonyl (C=O) groups is 1. The number of methoxy groups -OCH3 is 1. The van der Waals surface area contributed by atoms with Gasteiger partial charge in [0.25, 0.3) is 0 Å². The number of quaternary nitrogens is 1. The van der Waals surface area contributed by atoms with Gasteiger partial charge in [-0.1, -0.05) is 31.2 Å². The molecule has 1 saturated heterocycles. The molecule has 3 fully saturated rings. The first-order valence-electron chi connectivity index (χ1n) is 9.67. The molecular formula is C21H24N2O3. The molecule has 2 unspecified atom stereocenters. The molecule has 1 aromatic carbocycles. The van der Waals surface area contributed by atoms with Gasteiger partial charge in [-0.05, 0) is 30.0 Å². The van der Waals surface area contributed by atoms with Gasteiger partial charge in [0.05, 0.1) is 37.1 Å². The zero-order valence-corrected chi connectivity index (χ0v) is 15.2. The van der Waals surface area contributed by atoms with Crippen LogP contribution in [-0.2, 0) is 14.9 Å². The monoisotopic (exact) mass is 352 g/mol. The molecule has 2 aliphatic carbocycles. The molecule has 5 heteroatoms. The summed E-state index contributed by atoms with van der Waals surface area (Å²) in [6, 6.07) is 8.39. The highest BCUT2D eigenvalue weighted by molar-refractivity contribution is 5.82. The van der Waals surface area contributed by atoms with Gasteiger partial charge in [0, 0.05) is 17.5 Å². The number of hydroxylamine groups is 3. The Balaban J connectivity index is 1.71. The molecule has 1 N–H and O–H groups in total. The average molecular weight is 352 g/mol. The first-order valence-corrected chi connectivity index (χ1v) is 9.67. The van der Waals surface area contributed by atoms with E-state index >= 15 is 0 Å². The Hall–Kier alpha value is -1.85. The Bertz CT molecular complexity index is 884. The Morgan fingerprint density at radius 2 is 2.19 bits per heavy atom. The summed E-state index contributed by atoms with van der Waals surface area (Å²) in [4.78, 5) is 12.9. The number of rotatable bonds is 1. The predicted molar refractivity (Wildman–Crippen MR) is 97.1 cm³/mol. The third-order valence-electron chi connectivity index (χ3n) is 8.74. The molecule has 3 spiro atoms. The summed E-state index contributed by atoms with van der Waals surface area (Å²) in [5.41, 5.74) is 1.42. The van der Waals surface area contributed by atoms with E-state index in [1.165, 1.54) is 12.7 Å². The van der Waals surface area contributed by atoms with Crippen molar-refractivity contribution in [1.82, 2.24) is 0 Å². The fourth-order valence-electron chi connectivity index (χ4n) is 8.20. The second-order valence-corrected chi connectivity index (χ2v) is 9.04. The van der Waals surface area contributed by atoms with E-state index in [2.05, 4.69) is 42.6 Å². The van der Waals surface area contributed by atoms with Gasteiger partial charge in [-0.3, -0.25) is 4.79 Å². The Kier molecular flexibility index (Phi) is 2.45. The molecule has 3 aliphatic heterocycles. The van der Waals surface area contributed by atoms with Crippen LogP contribution in [-0.4, -0.2) is 42.4 Å². The molecule has 0 aromatic heterocycles. The topological polar surface area (TPSA) is 61.4 Å². The number of para-hydroxylation sites is 1. The van der Waals surface area contributed by atoms with Crippen LogP contribution in [0.1, 0.15) is 25.3 Å². The zero-order chi connectivity index (χ0) is 17.9. The first-order chi connectivity index (χ1) is 12.5. The molecule has 3 heterocycles. The van der Waals surface area contributed by atoms with Gasteiger partial charge in [-0.25, -0.2) is 0 Å². The summed E-state index contributed by atoms with van der Waals surface area (Å²) in [6.45, 7) is 3.44. The van der Waals surface area contributed by atoms with Crippen LogP contribution in [0, 0.1) is 22.5 Å². The minimum atomic E-state index is -0.423. The van der Waals surface area contributed by atoms with Gasteiger partial charge in [-0.2, -0.15) is 0 Å². The van der Waals surface area contributed by atoms with Crippen LogP contribution in [0.4, 0.5) is 5.69 Å². The molecule has 2 saturated carbocycles. The minimum absolute atomic E-state index is 0.00736. The van der Waals surface area contributed by atoms with Crippen molar-refractivity contribution >= 4 is 11.7 Å². The first kappa shape index (κ1) is 15.2. The van der Waals surface area contributed by atoms with E-state index in [4.69, 9.17) is 4.74 Å². The summed E-state index contributed by atoms with van der Waals surface area (Å²) in [5.74, 6) is -0.151. The van der Waals surface area contributed by atoms with E-state index in [0.29, 0.717) is 19.5 Å². The lowest BCUT2D eigenvalue weighted by Gasteiger charge is -2.56. The van der Waals surface area contributed by atoms with Crippen molar-refractivity contribution in [3.05, 3.63) is 47.2 Å². The maximum atomic E-state index is 13.9. The number of ether oxygens (including phenoxy) is 1. The molecule has 0 amide bonds. The number of carbonyl (C=O) groups excluding carboxylic acids is 1. The van der Waals surface area contributed by atoms with Crippen molar-refractivity contribution in [2.45, 2.75) is 36.8 Å². The number of nitrogens with zero attached hydrogens (tertiary/aromatic N) is 1. The molecule has 6 rings (SSSR count). The van der Waals surface area contributed by atoms with Gasteiger partial charge in [0.2, 0.25) is 0 Å². The summed E-state index contributed by atoms with van der Waals surface area (Å²) in [6.07, 6.45) is 5.93. The molecule has 26 heavy (non-hydrogen) atoms. The minimum Gasteiger partial charge on any atom is -0.632 e. The summed E-state index contributed by atoms with van der Waals surface area (Å²) >= 11 is 0. The van der Waals surface area contributed by atoms with Crippen molar-refractivity contribution in [2.75, 3.05) is 25.5 Å². The quantitative estimate of drug-likeness (QED) is 0.365. The van der Waals surface area contributed by atoms with Crippen LogP contribution in [0.15, 0.2) is 36.4 Å². The van der Waals surface area contributed by atoms with Gasteiger partial charge in [0.15, 0.2) is 0 Å².